The van der Waals surface area contributed by atoms with Crippen molar-refractivity contribution in [3.63, 3.8) is 0 Å². The van der Waals surface area contributed by atoms with Gasteiger partial charge in [0.2, 0.25) is 11.9 Å². The molecule has 144 valence electrons. The molecule has 0 saturated carbocycles. The summed E-state index contributed by atoms with van der Waals surface area (Å²) in [5.41, 5.74) is 3.45. The number of nitrogens with zero attached hydrogens (tertiary/aromatic N) is 2. The van der Waals surface area contributed by atoms with Crippen molar-refractivity contribution in [3.05, 3.63) is 107 Å². The minimum absolute atomic E-state index is 0.268. The van der Waals surface area contributed by atoms with E-state index in [1.54, 1.807) is 48.5 Å². The van der Waals surface area contributed by atoms with Gasteiger partial charge in [-0.15, -0.1) is 0 Å². The van der Waals surface area contributed by atoms with Crippen LogP contribution in [0.5, 0.6) is 0 Å². The summed E-state index contributed by atoms with van der Waals surface area (Å²) in [6, 6.07) is 15.5. The van der Waals surface area contributed by atoms with Crippen molar-refractivity contribution in [3.8, 4) is 22.3 Å². The monoisotopic (exact) mass is 398 g/mol. The largest absolute Gasteiger partial charge is 0.289 e. The third-order valence-corrected chi connectivity index (χ3v) is 5.14. The number of hydrogen-bond donors (Lipinski definition) is 0. The Morgan fingerprint density at radius 3 is 1.30 bits per heavy atom. The minimum Gasteiger partial charge on any atom is -0.289 e. The van der Waals surface area contributed by atoms with Gasteiger partial charge in [-0.3, -0.25) is 9.59 Å². The maximum atomic E-state index is 13.5. The molecule has 4 nitrogen and oxygen atoms in total. The fourth-order valence-corrected chi connectivity index (χ4v) is 3.67. The van der Waals surface area contributed by atoms with Crippen LogP contribution in [0.2, 0.25) is 0 Å². The van der Waals surface area contributed by atoms with Crippen LogP contribution in [0.4, 0.5) is 8.78 Å². The van der Waals surface area contributed by atoms with E-state index in [9.17, 15) is 18.4 Å². The summed E-state index contributed by atoms with van der Waals surface area (Å²) in [5, 5.41) is 0. The van der Waals surface area contributed by atoms with E-state index < -0.39 is 11.9 Å². The smallest absolute Gasteiger partial charge is 0.213 e. The first-order valence-corrected chi connectivity index (χ1v) is 9.12. The van der Waals surface area contributed by atoms with E-state index in [2.05, 4.69) is 9.97 Å². The lowest BCUT2D eigenvalue weighted by atomic mass is 9.81. The molecule has 0 atom stereocenters. The number of carbonyl (C=O) groups is 2. The molecule has 0 spiro atoms. The summed E-state index contributed by atoms with van der Waals surface area (Å²) >= 11 is 0. The third-order valence-electron chi connectivity index (χ3n) is 5.14. The second-order valence-electron chi connectivity index (χ2n) is 6.91. The standard InChI is InChI=1S/C24H12F2N2O2/c25-21-11-15(5-7-27-21)13-1-3-17-19(9-13)24(30)18-4-2-14(10-20(18)23(17)29)16-6-8-28-22(26)12-16/h1-12H. The van der Waals surface area contributed by atoms with Gasteiger partial charge in [0, 0.05) is 46.8 Å². The molecule has 2 heterocycles. The zero-order valence-electron chi connectivity index (χ0n) is 15.4. The first-order valence-electron chi connectivity index (χ1n) is 9.12. The molecule has 4 aromatic rings. The summed E-state index contributed by atoms with van der Waals surface area (Å²) < 4.78 is 26.9. The number of pyridine rings is 2. The Hall–Kier alpha value is -4.06. The Balaban J connectivity index is 1.60. The number of ketones is 2. The van der Waals surface area contributed by atoms with Crippen molar-refractivity contribution in [1.29, 1.82) is 0 Å². The highest BCUT2D eigenvalue weighted by Gasteiger charge is 2.30. The van der Waals surface area contributed by atoms with Gasteiger partial charge in [0.1, 0.15) is 0 Å². The van der Waals surface area contributed by atoms with E-state index in [-0.39, 0.29) is 33.8 Å². The van der Waals surface area contributed by atoms with Crippen LogP contribution in [0.3, 0.4) is 0 Å². The Bertz CT molecular complexity index is 1260. The highest BCUT2D eigenvalue weighted by atomic mass is 19.1. The summed E-state index contributed by atoms with van der Waals surface area (Å²) in [4.78, 5) is 33.3. The molecule has 0 N–H and O–H groups in total. The molecule has 0 saturated heterocycles. The van der Waals surface area contributed by atoms with Crippen LogP contribution in [0.1, 0.15) is 31.8 Å². The van der Waals surface area contributed by atoms with E-state index >= 15 is 0 Å². The second kappa shape index (κ2) is 6.77. The van der Waals surface area contributed by atoms with Crippen LogP contribution in [0.25, 0.3) is 22.3 Å². The lowest BCUT2D eigenvalue weighted by Crippen LogP contribution is -2.21. The van der Waals surface area contributed by atoms with Crippen molar-refractivity contribution >= 4 is 11.6 Å². The van der Waals surface area contributed by atoms with E-state index in [4.69, 9.17) is 0 Å². The van der Waals surface area contributed by atoms with Gasteiger partial charge >= 0.3 is 0 Å². The van der Waals surface area contributed by atoms with Crippen LogP contribution in [-0.2, 0) is 0 Å². The minimum atomic E-state index is -0.627. The molecule has 2 aromatic heterocycles. The fraction of sp³-hybridized carbons (Fsp3) is 0. The molecule has 1 aliphatic carbocycles. The molecule has 0 aliphatic heterocycles. The van der Waals surface area contributed by atoms with Crippen molar-refractivity contribution < 1.29 is 18.4 Å². The highest BCUT2D eigenvalue weighted by Crippen LogP contribution is 2.33. The van der Waals surface area contributed by atoms with Gasteiger partial charge in [-0.05, 0) is 58.7 Å². The van der Waals surface area contributed by atoms with Gasteiger partial charge < -0.3 is 0 Å². The van der Waals surface area contributed by atoms with Crippen LogP contribution >= 0.6 is 0 Å². The molecule has 5 rings (SSSR count). The van der Waals surface area contributed by atoms with E-state index in [1.165, 1.54) is 24.5 Å². The Morgan fingerprint density at radius 1 is 0.500 bits per heavy atom. The van der Waals surface area contributed by atoms with Crippen molar-refractivity contribution in [1.82, 2.24) is 9.97 Å². The van der Waals surface area contributed by atoms with Gasteiger partial charge in [-0.25, -0.2) is 9.97 Å². The second-order valence-corrected chi connectivity index (χ2v) is 6.91. The quantitative estimate of drug-likeness (QED) is 0.398. The topological polar surface area (TPSA) is 59.9 Å². The number of rotatable bonds is 2. The molecule has 30 heavy (non-hydrogen) atoms. The Kier molecular flexibility index (Phi) is 4.06. The number of fused-ring (bicyclic) bond motifs is 2. The van der Waals surface area contributed by atoms with Gasteiger partial charge in [0.25, 0.3) is 0 Å². The van der Waals surface area contributed by atoms with Crippen LogP contribution < -0.4 is 0 Å². The predicted molar refractivity (Wildman–Crippen MR) is 106 cm³/mol. The third kappa shape index (κ3) is 2.90. The lowest BCUT2D eigenvalue weighted by molar-refractivity contribution is 0.0979. The van der Waals surface area contributed by atoms with Gasteiger partial charge in [-0.2, -0.15) is 8.78 Å². The van der Waals surface area contributed by atoms with Gasteiger partial charge in [0.05, 0.1) is 0 Å². The van der Waals surface area contributed by atoms with Crippen LogP contribution in [0, 0.1) is 11.9 Å². The molecular formula is C24H12F2N2O2. The zero-order chi connectivity index (χ0) is 20.8. The molecular weight excluding hydrogens is 386 g/mol. The van der Waals surface area contributed by atoms with E-state index in [0.29, 0.717) is 22.3 Å². The van der Waals surface area contributed by atoms with Crippen LogP contribution in [-0.4, -0.2) is 21.5 Å². The Labute approximate surface area is 169 Å². The molecule has 0 amide bonds. The number of benzene rings is 2. The van der Waals surface area contributed by atoms with Crippen molar-refractivity contribution in [2.24, 2.45) is 0 Å². The van der Waals surface area contributed by atoms with Gasteiger partial charge in [0.15, 0.2) is 11.6 Å². The zero-order valence-corrected chi connectivity index (χ0v) is 15.4. The molecule has 6 heteroatoms. The first kappa shape index (κ1) is 18.0. The first-order chi connectivity index (χ1) is 14.5. The van der Waals surface area contributed by atoms with Crippen molar-refractivity contribution in [2.45, 2.75) is 0 Å². The Morgan fingerprint density at radius 2 is 0.900 bits per heavy atom. The number of carbonyl (C=O) groups excluding carboxylic acids is 2. The average Bonchev–Trinajstić information content (AvgIpc) is 2.77. The van der Waals surface area contributed by atoms with Crippen LogP contribution in [0.15, 0.2) is 73.1 Å². The van der Waals surface area contributed by atoms with E-state index in [0.717, 1.165) is 0 Å². The fourth-order valence-electron chi connectivity index (χ4n) is 3.67. The lowest BCUT2D eigenvalue weighted by Gasteiger charge is -2.19. The molecule has 1 aliphatic rings. The molecule has 0 fully saturated rings. The number of hydrogen-bond acceptors (Lipinski definition) is 4. The number of aromatic nitrogens is 2. The summed E-state index contributed by atoms with van der Waals surface area (Å²) in [6.45, 7) is 0. The molecule has 0 unspecified atom stereocenters. The normalized spacial score (nSPS) is 12.5. The maximum absolute atomic E-state index is 13.5. The summed E-state index contributed by atoms with van der Waals surface area (Å²) in [5.74, 6) is -1.83. The summed E-state index contributed by atoms with van der Waals surface area (Å²) in [7, 11) is 0. The maximum Gasteiger partial charge on any atom is 0.213 e. The van der Waals surface area contributed by atoms with E-state index in [1.807, 2.05) is 0 Å². The average molecular weight is 398 g/mol. The SMILES string of the molecule is O=C1c2ccc(-c3ccnc(F)c3)cc2C(=O)c2ccc(-c3ccnc(F)c3)cc21. The highest BCUT2D eigenvalue weighted by molar-refractivity contribution is 6.29. The molecule has 0 bridgehead atoms. The molecule has 0 radical (unpaired) electrons. The van der Waals surface area contributed by atoms with Crippen molar-refractivity contribution in [2.75, 3.05) is 0 Å². The van der Waals surface area contributed by atoms with Gasteiger partial charge in [-0.1, -0.05) is 12.1 Å². The predicted octanol–water partition coefficient (Wildman–Crippen LogP) is 4.86. The number of halogens is 2. The summed E-state index contributed by atoms with van der Waals surface area (Å²) in [6.07, 6.45) is 2.69. The molecule has 2 aromatic carbocycles.